The summed E-state index contributed by atoms with van der Waals surface area (Å²) in [6.45, 7) is 12.5. The Balaban J connectivity index is 0.000000110. The molecule has 0 saturated carbocycles. The van der Waals surface area contributed by atoms with Crippen LogP contribution in [0.25, 0.3) is 83.9 Å². The second kappa shape index (κ2) is 23.6. The molecule has 0 fully saturated rings. The van der Waals surface area contributed by atoms with Crippen molar-refractivity contribution in [2.24, 2.45) is 0 Å². The first-order valence-electron chi connectivity index (χ1n) is 25.8. The van der Waals surface area contributed by atoms with Crippen LogP contribution >= 0.6 is 0 Å². The minimum atomic E-state index is 0.906. The number of hydrogen-bond donors (Lipinski definition) is 0. The van der Waals surface area contributed by atoms with E-state index in [1.54, 1.807) is 6.20 Å². The van der Waals surface area contributed by atoms with Crippen LogP contribution in [0.4, 0.5) is 0 Å². The van der Waals surface area contributed by atoms with Crippen LogP contribution in [0.1, 0.15) is 33.9 Å². The van der Waals surface area contributed by atoms with E-state index in [4.69, 9.17) is 4.98 Å². The topological polar surface area (TPSA) is 90.6 Å². The van der Waals surface area contributed by atoms with Crippen LogP contribution in [0.5, 0.6) is 0 Å². The standard InChI is InChI=1S/C17H14N2.2C14H12N2.C14H11N.C9H10N2/c1-13-11-16(14-7-3-2-4-8-14)19-17(12-13)15-9-5-6-10-18-15;2*1-11-6-5-9-14-15-13(10-16(11)14)12-7-3-2-4-8-12;1-10-11-6-2-4-8-13(11)15-14-9-5-3-7-12(10)14;1-7-6-11-8(2)4-3-5-9(11)10-7/h2-12H,1H3;2*2-10H,1H3;2-9H,1H3;3-6H,1-2H3. The van der Waals surface area contributed by atoms with E-state index in [-0.39, 0.29) is 0 Å². The van der Waals surface area contributed by atoms with E-state index < -0.39 is 0 Å². The molecule has 14 rings (SSSR count). The van der Waals surface area contributed by atoms with Crippen LogP contribution < -0.4 is 0 Å². The number of aryl methyl sites for hydroxylation is 6. The third-order valence-electron chi connectivity index (χ3n) is 13.2. The fourth-order valence-corrected chi connectivity index (χ4v) is 9.18. The number of aromatic nitrogens is 9. The summed E-state index contributed by atoms with van der Waals surface area (Å²) in [5.41, 5.74) is 20.7. The van der Waals surface area contributed by atoms with Gasteiger partial charge in [-0.3, -0.25) is 4.98 Å². The van der Waals surface area contributed by atoms with Gasteiger partial charge in [0.15, 0.2) is 0 Å². The number of nitrogens with zero attached hydrogens (tertiary/aromatic N) is 9. The zero-order valence-electron chi connectivity index (χ0n) is 44.2. The lowest BCUT2D eigenvalue weighted by Gasteiger charge is -2.06. The smallest absolute Gasteiger partial charge is 0.137 e. The minimum Gasteiger partial charge on any atom is -0.304 e. The molecule has 9 heterocycles. The highest BCUT2D eigenvalue weighted by molar-refractivity contribution is 5.97. The molecule has 376 valence electrons. The zero-order valence-corrected chi connectivity index (χ0v) is 44.2. The highest BCUT2D eigenvalue weighted by Gasteiger charge is 2.08. The van der Waals surface area contributed by atoms with Crippen molar-refractivity contribution in [3.8, 4) is 45.2 Å². The Morgan fingerprint density at radius 3 is 1.17 bits per heavy atom. The van der Waals surface area contributed by atoms with Crippen molar-refractivity contribution in [2.45, 2.75) is 41.5 Å². The van der Waals surface area contributed by atoms with Crippen LogP contribution in [0.2, 0.25) is 0 Å². The first kappa shape index (κ1) is 50.7. The molecule has 0 saturated heterocycles. The van der Waals surface area contributed by atoms with Gasteiger partial charge < -0.3 is 13.2 Å². The summed E-state index contributed by atoms with van der Waals surface area (Å²) in [7, 11) is 0. The zero-order chi connectivity index (χ0) is 53.1. The predicted octanol–water partition coefficient (Wildman–Crippen LogP) is 16.4. The van der Waals surface area contributed by atoms with E-state index in [1.807, 2.05) is 134 Å². The Kier molecular flexibility index (Phi) is 15.5. The lowest BCUT2D eigenvalue weighted by molar-refractivity contribution is 1.09. The fourth-order valence-electron chi connectivity index (χ4n) is 9.18. The number of rotatable bonds is 4. The lowest BCUT2D eigenvalue weighted by Crippen LogP contribution is -1.91. The molecule has 9 aromatic heterocycles. The van der Waals surface area contributed by atoms with E-state index in [0.717, 1.165) is 78.8 Å². The molecule has 0 atom stereocenters. The summed E-state index contributed by atoms with van der Waals surface area (Å²) in [5, 5.41) is 2.49. The van der Waals surface area contributed by atoms with Gasteiger partial charge in [-0.2, -0.15) is 0 Å². The van der Waals surface area contributed by atoms with Crippen LogP contribution in [-0.2, 0) is 0 Å². The van der Waals surface area contributed by atoms with Crippen molar-refractivity contribution in [1.82, 2.24) is 43.1 Å². The van der Waals surface area contributed by atoms with E-state index in [2.05, 4.69) is 188 Å². The summed E-state index contributed by atoms with van der Waals surface area (Å²) in [4.78, 5) is 27.3. The fraction of sp³-hybridized carbons (Fsp3) is 0.0882. The summed E-state index contributed by atoms with van der Waals surface area (Å²) in [6.07, 6.45) is 8.01. The highest BCUT2D eigenvalue weighted by Crippen LogP contribution is 2.26. The Bertz CT molecular complexity index is 3990. The number of benzene rings is 5. The molecule has 0 radical (unpaired) electrons. The Morgan fingerprint density at radius 1 is 0.299 bits per heavy atom. The lowest BCUT2D eigenvalue weighted by atomic mass is 10.0. The van der Waals surface area contributed by atoms with E-state index in [0.29, 0.717) is 0 Å². The molecule has 0 amide bonds. The molecule has 0 unspecified atom stereocenters. The number of pyridine rings is 6. The molecule has 0 spiro atoms. The first-order valence-corrected chi connectivity index (χ1v) is 25.8. The Morgan fingerprint density at radius 2 is 0.714 bits per heavy atom. The molecule has 9 heteroatoms. The molecule has 14 aromatic rings. The molecule has 0 aliphatic heterocycles. The average molecular weight is 1000 g/mol. The summed E-state index contributed by atoms with van der Waals surface area (Å²) < 4.78 is 6.32. The maximum absolute atomic E-state index is 4.71. The molecular weight excluding hydrogens is 943 g/mol. The molecule has 9 nitrogen and oxygen atoms in total. The van der Waals surface area contributed by atoms with Gasteiger partial charge in [-0.05, 0) is 125 Å². The number of imidazole rings is 3. The van der Waals surface area contributed by atoms with Crippen molar-refractivity contribution in [3.63, 3.8) is 0 Å². The minimum absolute atomic E-state index is 0.906. The van der Waals surface area contributed by atoms with Crippen molar-refractivity contribution in [3.05, 3.63) is 283 Å². The SMILES string of the molecule is Cc1c2ccccc2nc2ccccc12.Cc1cc(-c2ccccc2)nc(-c2ccccn2)c1.Cc1cccc2nc(-c3ccccc3)cn12.Cc1cccc2nc(-c3ccccc3)cn12.Cc1cn2c(C)cccc2n1. The largest absolute Gasteiger partial charge is 0.304 e. The average Bonchev–Trinajstić information content (AvgIpc) is 4.23. The third-order valence-corrected chi connectivity index (χ3v) is 13.2. The van der Waals surface area contributed by atoms with Crippen LogP contribution in [0.15, 0.2) is 249 Å². The third kappa shape index (κ3) is 12.1. The number of hydrogen-bond acceptors (Lipinski definition) is 6. The molecule has 5 aromatic carbocycles. The maximum atomic E-state index is 4.71. The van der Waals surface area contributed by atoms with Gasteiger partial charge in [0, 0.05) is 69.3 Å². The Hall–Kier alpha value is -9.86. The number of fused-ring (bicyclic) bond motifs is 5. The van der Waals surface area contributed by atoms with Crippen molar-refractivity contribution in [1.29, 1.82) is 0 Å². The molecular formula is C68H59N9. The van der Waals surface area contributed by atoms with Crippen LogP contribution in [-0.4, -0.2) is 43.1 Å². The first-order chi connectivity index (χ1) is 37.6. The van der Waals surface area contributed by atoms with Gasteiger partial charge in [0.05, 0.1) is 45.2 Å². The predicted molar refractivity (Wildman–Crippen MR) is 317 cm³/mol. The summed E-state index contributed by atoms with van der Waals surface area (Å²) in [5.74, 6) is 0. The van der Waals surface area contributed by atoms with Crippen molar-refractivity contribution < 1.29 is 0 Å². The molecule has 0 bridgehead atoms. The second-order valence-electron chi connectivity index (χ2n) is 18.8. The second-order valence-corrected chi connectivity index (χ2v) is 18.8. The van der Waals surface area contributed by atoms with Crippen molar-refractivity contribution in [2.75, 3.05) is 0 Å². The van der Waals surface area contributed by atoms with Gasteiger partial charge in [-0.1, -0.05) is 152 Å². The maximum Gasteiger partial charge on any atom is 0.137 e. The molecule has 77 heavy (non-hydrogen) atoms. The molecule has 0 aliphatic carbocycles. The van der Waals surface area contributed by atoms with Crippen LogP contribution in [0.3, 0.4) is 0 Å². The van der Waals surface area contributed by atoms with Gasteiger partial charge in [0.1, 0.15) is 16.9 Å². The summed E-state index contributed by atoms with van der Waals surface area (Å²) >= 11 is 0. The van der Waals surface area contributed by atoms with Gasteiger partial charge in [-0.15, -0.1) is 0 Å². The van der Waals surface area contributed by atoms with E-state index in [1.165, 1.54) is 39.0 Å². The summed E-state index contributed by atoms with van der Waals surface area (Å²) in [6, 6.07) is 75.7. The quantitative estimate of drug-likeness (QED) is 0.163. The number of para-hydroxylation sites is 2. The normalized spacial score (nSPS) is 10.7. The molecule has 0 N–H and O–H groups in total. The van der Waals surface area contributed by atoms with Gasteiger partial charge in [0.2, 0.25) is 0 Å². The van der Waals surface area contributed by atoms with Gasteiger partial charge in [-0.25, -0.2) is 24.9 Å². The van der Waals surface area contributed by atoms with E-state index in [9.17, 15) is 0 Å². The van der Waals surface area contributed by atoms with Gasteiger partial charge >= 0.3 is 0 Å². The van der Waals surface area contributed by atoms with Gasteiger partial charge in [0.25, 0.3) is 0 Å². The highest BCUT2D eigenvalue weighted by atomic mass is 15.0. The van der Waals surface area contributed by atoms with Crippen molar-refractivity contribution >= 4 is 38.7 Å². The van der Waals surface area contributed by atoms with E-state index >= 15 is 0 Å². The molecule has 0 aliphatic rings. The Labute approximate surface area is 449 Å². The monoisotopic (exact) mass is 1000 g/mol. The van der Waals surface area contributed by atoms with Crippen LogP contribution in [0, 0.1) is 41.5 Å².